The molecule has 146 valence electrons. The summed E-state index contributed by atoms with van der Waals surface area (Å²) in [5.74, 6) is -0.244. The molecule has 0 fully saturated rings. The van der Waals surface area contributed by atoms with Crippen LogP contribution in [0.25, 0.3) is 0 Å². The van der Waals surface area contributed by atoms with E-state index in [1.54, 1.807) is 17.0 Å². The molecule has 0 aliphatic heterocycles. The Kier molecular flexibility index (Phi) is 6.20. The Labute approximate surface area is 169 Å². The standard InChI is InChI=1S/C23H22N4O2/c1-17(2)26(15-20-10-8-18(14-24)9-11-20)23(29)21-12-13-22(28)27(25-21)16-19-6-4-3-5-7-19/h3-13,17H,15-16H2,1-2H3. The maximum atomic E-state index is 13.1. The number of aromatic nitrogens is 2. The molecule has 0 atom stereocenters. The average molecular weight is 386 g/mol. The zero-order valence-electron chi connectivity index (χ0n) is 16.4. The highest BCUT2D eigenvalue weighted by atomic mass is 16.2. The van der Waals surface area contributed by atoms with Crippen molar-refractivity contribution in [3.63, 3.8) is 0 Å². The number of nitrogens with zero attached hydrogens (tertiary/aromatic N) is 4. The molecule has 6 nitrogen and oxygen atoms in total. The van der Waals surface area contributed by atoms with Crippen LogP contribution in [0.3, 0.4) is 0 Å². The molecule has 1 heterocycles. The van der Waals surface area contributed by atoms with Gasteiger partial charge in [-0.3, -0.25) is 9.59 Å². The number of nitriles is 1. The molecule has 0 radical (unpaired) electrons. The van der Waals surface area contributed by atoms with Crippen LogP contribution in [0.15, 0.2) is 71.5 Å². The van der Waals surface area contributed by atoms with E-state index < -0.39 is 0 Å². The SMILES string of the molecule is CC(C)N(Cc1ccc(C#N)cc1)C(=O)c1ccc(=O)n(Cc2ccccc2)n1. The largest absolute Gasteiger partial charge is 0.331 e. The van der Waals surface area contributed by atoms with E-state index in [2.05, 4.69) is 11.2 Å². The van der Waals surface area contributed by atoms with Crippen molar-refractivity contribution in [3.8, 4) is 6.07 Å². The van der Waals surface area contributed by atoms with Gasteiger partial charge in [0, 0.05) is 18.7 Å². The van der Waals surface area contributed by atoms with Gasteiger partial charge in [0.25, 0.3) is 11.5 Å². The Hall–Kier alpha value is -3.72. The zero-order valence-corrected chi connectivity index (χ0v) is 16.4. The van der Waals surface area contributed by atoms with Crippen LogP contribution < -0.4 is 5.56 Å². The molecular weight excluding hydrogens is 364 g/mol. The molecule has 3 aromatic rings. The van der Waals surface area contributed by atoms with E-state index in [1.807, 2.05) is 56.3 Å². The van der Waals surface area contributed by atoms with Crippen LogP contribution in [0.4, 0.5) is 0 Å². The second-order valence-electron chi connectivity index (χ2n) is 7.04. The lowest BCUT2D eigenvalue weighted by molar-refractivity contribution is 0.0681. The summed E-state index contributed by atoms with van der Waals surface area (Å²) < 4.78 is 1.31. The molecule has 0 N–H and O–H groups in total. The van der Waals surface area contributed by atoms with Crippen LogP contribution in [0, 0.1) is 11.3 Å². The molecule has 0 spiro atoms. The van der Waals surface area contributed by atoms with Crippen molar-refractivity contribution in [3.05, 3.63) is 99.5 Å². The fraction of sp³-hybridized carbons (Fsp3) is 0.217. The Bertz CT molecular complexity index is 1080. The molecule has 0 saturated heterocycles. The molecule has 0 unspecified atom stereocenters. The second-order valence-corrected chi connectivity index (χ2v) is 7.04. The summed E-state index contributed by atoms with van der Waals surface area (Å²) in [6.45, 7) is 4.56. The maximum absolute atomic E-state index is 13.1. The van der Waals surface area contributed by atoms with Crippen LogP contribution in [-0.4, -0.2) is 26.6 Å². The third-order valence-electron chi connectivity index (χ3n) is 4.58. The predicted molar refractivity (Wildman–Crippen MR) is 110 cm³/mol. The first kappa shape index (κ1) is 20.0. The summed E-state index contributed by atoms with van der Waals surface area (Å²) in [6.07, 6.45) is 0. The van der Waals surface area contributed by atoms with Gasteiger partial charge in [-0.25, -0.2) is 4.68 Å². The highest BCUT2D eigenvalue weighted by molar-refractivity contribution is 5.92. The molecule has 1 amide bonds. The van der Waals surface area contributed by atoms with Crippen molar-refractivity contribution in [1.82, 2.24) is 14.7 Å². The first-order valence-corrected chi connectivity index (χ1v) is 9.40. The monoisotopic (exact) mass is 386 g/mol. The van der Waals surface area contributed by atoms with Gasteiger partial charge < -0.3 is 4.90 Å². The molecule has 0 aliphatic rings. The van der Waals surface area contributed by atoms with Gasteiger partial charge in [-0.15, -0.1) is 0 Å². The van der Waals surface area contributed by atoms with Gasteiger partial charge in [0.1, 0.15) is 5.69 Å². The highest BCUT2D eigenvalue weighted by Gasteiger charge is 2.21. The minimum absolute atomic E-state index is 0.0607. The molecule has 1 aromatic heterocycles. The van der Waals surface area contributed by atoms with E-state index in [9.17, 15) is 9.59 Å². The second kappa shape index (κ2) is 8.98. The third-order valence-corrected chi connectivity index (χ3v) is 4.58. The van der Waals surface area contributed by atoms with Gasteiger partial charge >= 0.3 is 0 Å². The first-order chi connectivity index (χ1) is 14.0. The van der Waals surface area contributed by atoms with Crippen molar-refractivity contribution in [1.29, 1.82) is 5.26 Å². The van der Waals surface area contributed by atoms with E-state index >= 15 is 0 Å². The third kappa shape index (κ3) is 4.96. The Morgan fingerprint density at radius 2 is 1.72 bits per heavy atom. The summed E-state index contributed by atoms with van der Waals surface area (Å²) >= 11 is 0. The number of hydrogen-bond donors (Lipinski definition) is 0. The van der Waals surface area contributed by atoms with Crippen LogP contribution in [-0.2, 0) is 13.1 Å². The maximum Gasteiger partial charge on any atom is 0.274 e. The Balaban J connectivity index is 1.85. The van der Waals surface area contributed by atoms with Gasteiger partial charge in [0.05, 0.1) is 18.2 Å². The zero-order chi connectivity index (χ0) is 20.8. The molecular formula is C23H22N4O2. The summed E-state index contributed by atoms with van der Waals surface area (Å²) in [5, 5.41) is 13.2. The summed E-state index contributed by atoms with van der Waals surface area (Å²) in [5.41, 5.74) is 2.40. The Morgan fingerprint density at radius 3 is 2.34 bits per heavy atom. The van der Waals surface area contributed by atoms with E-state index in [1.165, 1.54) is 16.8 Å². The summed E-state index contributed by atoms with van der Waals surface area (Å²) in [6, 6.07) is 21.5. The van der Waals surface area contributed by atoms with Crippen molar-refractivity contribution < 1.29 is 4.79 Å². The number of hydrogen-bond acceptors (Lipinski definition) is 4. The van der Waals surface area contributed by atoms with Crippen molar-refractivity contribution in [2.24, 2.45) is 0 Å². The van der Waals surface area contributed by atoms with E-state index in [4.69, 9.17) is 5.26 Å². The van der Waals surface area contributed by atoms with Crippen LogP contribution in [0.5, 0.6) is 0 Å². The van der Waals surface area contributed by atoms with Crippen molar-refractivity contribution in [2.45, 2.75) is 33.0 Å². The number of carbonyl (C=O) groups excluding carboxylic acids is 1. The fourth-order valence-electron chi connectivity index (χ4n) is 2.95. The van der Waals surface area contributed by atoms with E-state index in [-0.39, 0.29) is 23.2 Å². The number of amides is 1. The number of carbonyl (C=O) groups is 1. The van der Waals surface area contributed by atoms with Gasteiger partial charge in [-0.2, -0.15) is 10.4 Å². The first-order valence-electron chi connectivity index (χ1n) is 9.40. The van der Waals surface area contributed by atoms with Gasteiger partial charge in [0.2, 0.25) is 0 Å². The quantitative estimate of drug-likeness (QED) is 0.652. The smallest absolute Gasteiger partial charge is 0.274 e. The van der Waals surface area contributed by atoms with Crippen LogP contribution >= 0.6 is 0 Å². The lowest BCUT2D eigenvalue weighted by atomic mass is 10.1. The lowest BCUT2D eigenvalue weighted by Gasteiger charge is -2.26. The molecule has 29 heavy (non-hydrogen) atoms. The molecule has 2 aromatic carbocycles. The molecule has 0 bridgehead atoms. The van der Waals surface area contributed by atoms with Crippen molar-refractivity contribution in [2.75, 3.05) is 0 Å². The molecule has 6 heteroatoms. The average Bonchev–Trinajstić information content (AvgIpc) is 2.74. The lowest BCUT2D eigenvalue weighted by Crippen LogP contribution is -2.38. The van der Waals surface area contributed by atoms with Crippen molar-refractivity contribution >= 4 is 5.91 Å². The normalized spacial score (nSPS) is 10.6. The summed E-state index contributed by atoms with van der Waals surface area (Å²) in [4.78, 5) is 27.0. The molecule has 0 aliphatic carbocycles. The topological polar surface area (TPSA) is 79.0 Å². The van der Waals surface area contributed by atoms with Crippen LogP contribution in [0.2, 0.25) is 0 Å². The highest BCUT2D eigenvalue weighted by Crippen LogP contribution is 2.13. The van der Waals surface area contributed by atoms with Gasteiger partial charge in [-0.05, 0) is 43.2 Å². The molecule has 0 saturated carbocycles. The minimum atomic E-state index is -0.256. The minimum Gasteiger partial charge on any atom is -0.331 e. The number of rotatable bonds is 6. The predicted octanol–water partition coefficient (Wildman–Crippen LogP) is 3.21. The van der Waals surface area contributed by atoms with Crippen LogP contribution in [0.1, 0.15) is 41.0 Å². The van der Waals surface area contributed by atoms with Gasteiger partial charge in [0.15, 0.2) is 0 Å². The molecule has 3 rings (SSSR count). The van der Waals surface area contributed by atoms with E-state index in [0.717, 1.165) is 11.1 Å². The summed E-state index contributed by atoms with van der Waals surface area (Å²) in [7, 11) is 0. The Morgan fingerprint density at radius 1 is 1.03 bits per heavy atom. The number of benzene rings is 2. The van der Waals surface area contributed by atoms with E-state index in [0.29, 0.717) is 18.7 Å². The fourth-order valence-corrected chi connectivity index (χ4v) is 2.95. The van der Waals surface area contributed by atoms with Gasteiger partial charge in [-0.1, -0.05) is 42.5 Å².